The summed E-state index contributed by atoms with van der Waals surface area (Å²) in [5.41, 5.74) is 0.762. The van der Waals surface area contributed by atoms with Crippen molar-refractivity contribution >= 4 is 6.47 Å². The van der Waals surface area contributed by atoms with Crippen molar-refractivity contribution in [2.75, 3.05) is 19.7 Å². The van der Waals surface area contributed by atoms with E-state index in [9.17, 15) is 4.79 Å². The van der Waals surface area contributed by atoms with Crippen LogP contribution in [0, 0.1) is 5.41 Å². The molecule has 0 radical (unpaired) electrons. The van der Waals surface area contributed by atoms with Crippen LogP contribution in [-0.2, 0) is 9.53 Å². The zero-order valence-corrected chi connectivity index (χ0v) is 9.76. The van der Waals surface area contributed by atoms with E-state index in [4.69, 9.17) is 0 Å². The van der Waals surface area contributed by atoms with E-state index in [1.54, 1.807) is 6.92 Å². The predicted octanol–water partition coefficient (Wildman–Crippen LogP) is 2.11. The topological polar surface area (TPSA) is 38.3 Å². The fourth-order valence-corrected chi connectivity index (χ4v) is 2.59. The van der Waals surface area contributed by atoms with E-state index >= 15 is 0 Å². The van der Waals surface area contributed by atoms with Crippen LogP contribution in [0.1, 0.15) is 45.4 Å². The zero-order valence-electron chi connectivity index (χ0n) is 9.76. The Kier molecular flexibility index (Phi) is 5.69. The van der Waals surface area contributed by atoms with E-state index in [1.165, 1.54) is 51.6 Å². The first-order valence-electron chi connectivity index (χ1n) is 6.09. The molecule has 1 saturated carbocycles. The summed E-state index contributed by atoms with van der Waals surface area (Å²) in [6, 6.07) is 0. The third-order valence-electron chi connectivity index (χ3n) is 3.48. The molecule has 1 N–H and O–H groups in total. The van der Waals surface area contributed by atoms with Gasteiger partial charge in [0.1, 0.15) is 0 Å². The molecule has 1 heterocycles. The Balaban J connectivity index is 0.000000195. The number of nitrogens with one attached hydrogen (secondary N) is 1. The minimum atomic E-state index is 0.431. The number of carbonyl (C=O) groups excluding carboxylic acids is 1. The van der Waals surface area contributed by atoms with Crippen molar-refractivity contribution in [1.82, 2.24) is 5.32 Å². The molecule has 0 unspecified atom stereocenters. The second-order valence-corrected chi connectivity index (χ2v) is 4.54. The predicted molar refractivity (Wildman–Crippen MR) is 60.7 cm³/mol. The van der Waals surface area contributed by atoms with Crippen molar-refractivity contribution in [1.29, 1.82) is 0 Å². The molecule has 0 aromatic heterocycles. The second kappa shape index (κ2) is 6.83. The SMILES string of the molecule is C1CCC2(CC1)CCNC2.CCOC=O. The molecule has 0 aromatic rings. The summed E-state index contributed by atoms with van der Waals surface area (Å²) in [5, 5.41) is 3.48. The highest BCUT2D eigenvalue weighted by atomic mass is 16.5. The molecule has 1 saturated heterocycles. The molecular weight excluding hydrogens is 190 g/mol. The number of hydrogen-bond acceptors (Lipinski definition) is 3. The summed E-state index contributed by atoms with van der Waals surface area (Å²) in [6.07, 6.45) is 8.91. The van der Waals surface area contributed by atoms with Crippen LogP contribution in [0.25, 0.3) is 0 Å². The van der Waals surface area contributed by atoms with Crippen molar-refractivity contribution in [2.45, 2.75) is 45.4 Å². The van der Waals surface area contributed by atoms with Crippen LogP contribution in [0.3, 0.4) is 0 Å². The lowest BCUT2D eigenvalue weighted by atomic mass is 9.74. The maximum atomic E-state index is 9.18. The molecule has 1 aliphatic carbocycles. The summed E-state index contributed by atoms with van der Waals surface area (Å²) < 4.78 is 4.15. The number of carbonyl (C=O) groups is 1. The Labute approximate surface area is 92.6 Å². The summed E-state index contributed by atoms with van der Waals surface area (Å²) in [4.78, 5) is 9.18. The van der Waals surface area contributed by atoms with E-state index in [0.717, 1.165) is 5.41 Å². The molecule has 0 aromatic carbocycles. The summed E-state index contributed by atoms with van der Waals surface area (Å²) >= 11 is 0. The molecule has 1 spiro atoms. The normalized spacial score (nSPS) is 23.0. The summed E-state index contributed by atoms with van der Waals surface area (Å²) in [6.45, 7) is 5.25. The van der Waals surface area contributed by atoms with Crippen LogP contribution in [0.5, 0.6) is 0 Å². The van der Waals surface area contributed by atoms with Crippen molar-refractivity contribution in [2.24, 2.45) is 5.41 Å². The monoisotopic (exact) mass is 213 g/mol. The van der Waals surface area contributed by atoms with Crippen molar-refractivity contribution in [3.63, 3.8) is 0 Å². The van der Waals surface area contributed by atoms with E-state index in [2.05, 4.69) is 10.1 Å². The van der Waals surface area contributed by atoms with E-state index < -0.39 is 0 Å². The van der Waals surface area contributed by atoms with Gasteiger partial charge < -0.3 is 10.1 Å². The third-order valence-corrected chi connectivity index (χ3v) is 3.48. The Morgan fingerprint density at radius 3 is 2.40 bits per heavy atom. The van der Waals surface area contributed by atoms with Crippen molar-refractivity contribution in [3.8, 4) is 0 Å². The second-order valence-electron chi connectivity index (χ2n) is 4.54. The quantitative estimate of drug-likeness (QED) is 0.714. The number of rotatable bonds is 2. The molecule has 88 valence electrons. The molecule has 0 amide bonds. The minimum Gasteiger partial charge on any atom is -0.468 e. The molecule has 0 atom stereocenters. The van der Waals surface area contributed by atoms with Gasteiger partial charge in [-0.1, -0.05) is 19.3 Å². The minimum absolute atomic E-state index is 0.431. The molecule has 1 aliphatic heterocycles. The fourth-order valence-electron chi connectivity index (χ4n) is 2.59. The van der Waals surface area contributed by atoms with Crippen LogP contribution in [0.15, 0.2) is 0 Å². The van der Waals surface area contributed by atoms with Gasteiger partial charge in [-0.15, -0.1) is 0 Å². The van der Waals surface area contributed by atoms with Gasteiger partial charge in [0.15, 0.2) is 0 Å². The molecule has 2 fully saturated rings. The molecule has 3 nitrogen and oxygen atoms in total. The Hall–Kier alpha value is -0.570. The van der Waals surface area contributed by atoms with Gasteiger partial charge in [0.05, 0.1) is 6.61 Å². The first-order valence-corrected chi connectivity index (χ1v) is 6.09. The highest BCUT2D eigenvalue weighted by Crippen LogP contribution is 2.40. The highest BCUT2D eigenvalue weighted by Gasteiger charge is 2.34. The number of hydrogen-bond donors (Lipinski definition) is 1. The standard InChI is InChI=1S/C9H17N.C3H6O2/c1-2-4-9(5-3-1)6-7-10-8-9;1-2-5-3-4/h10H,1-8H2;3H,2H2,1H3. The largest absolute Gasteiger partial charge is 0.468 e. The number of ether oxygens (including phenoxy) is 1. The molecule has 2 rings (SSSR count). The lowest BCUT2D eigenvalue weighted by molar-refractivity contribution is -0.128. The van der Waals surface area contributed by atoms with Gasteiger partial charge in [0.2, 0.25) is 0 Å². The van der Waals surface area contributed by atoms with E-state index in [1.807, 2.05) is 0 Å². The smallest absolute Gasteiger partial charge is 0.293 e. The van der Waals surface area contributed by atoms with Gasteiger partial charge in [-0.25, -0.2) is 0 Å². The molecule has 0 bridgehead atoms. The fraction of sp³-hybridized carbons (Fsp3) is 0.917. The molecule has 3 heteroatoms. The first-order chi connectivity index (χ1) is 7.33. The summed E-state index contributed by atoms with van der Waals surface area (Å²) in [7, 11) is 0. The first kappa shape index (κ1) is 12.5. The summed E-state index contributed by atoms with van der Waals surface area (Å²) in [5.74, 6) is 0. The van der Waals surface area contributed by atoms with Gasteiger partial charge in [-0.05, 0) is 38.1 Å². The van der Waals surface area contributed by atoms with E-state index in [-0.39, 0.29) is 0 Å². The third kappa shape index (κ3) is 4.20. The maximum Gasteiger partial charge on any atom is 0.293 e. The van der Waals surface area contributed by atoms with Crippen LogP contribution in [-0.4, -0.2) is 26.2 Å². The van der Waals surface area contributed by atoms with Gasteiger partial charge in [0, 0.05) is 6.54 Å². The highest BCUT2D eigenvalue weighted by molar-refractivity contribution is 5.36. The van der Waals surface area contributed by atoms with Gasteiger partial charge >= 0.3 is 0 Å². The van der Waals surface area contributed by atoms with Crippen LogP contribution in [0.4, 0.5) is 0 Å². The Morgan fingerprint density at radius 1 is 1.27 bits per heavy atom. The molecule has 15 heavy (non-hydrogen) atoms. The average Bonchev–Trinajstić information content (AvgIpc) is 2.70. The van der Waals surface area contributed by atoms with Crippen molar-refractivity contribution in [3.05, 3.63) is 0 Å². The van der Waals surface area contributed by atoms with E-state index in [0.29, 0.717) is 13.1 Å². The maximum absolute atomic E-state index is 9.18. The molecular formula is C12H23NO2. The molecule has 2 aliphatic rings. The average molecular weight is 213 g/mol. The van der Waals surface area contributed by atoms with Gasteiger partial charge in [-0.3, -0.25) is 4.79 Å². The van der Waals surface area contributed by atoms with Gasteiger partial charge in [0.25, 0.3) is 6.47 Å². The lowest BCUT2D eigenvalue weighted by Crippen LogP contribution is -2.26. The van der Waals surface area contributed by atoms with Crippen LogP contribution < -0.4 is 5.32 Å². The van der Waals surface area contributed by atoms with Crippen LogP contribution >= 0.6 is 0 Å². The van der Waals surface area contributed by atoms with Gasteiger partial charge in [-0.2, -0.15) is 0 Å². The lowest BCUT2D eigenvalue weighted by Gasteiger charge is -2.32. The Bertz CT molecular complexity index is 168. The van der Waals surface area contributed by atoms with Crippen LogP contribution in [0.2, 0.25) is 0 Å². The van der Waals surface area contributed by atoms with Crippen molar-refractivity contribution < 1.29 is 9.53 Å². The zero-order chi connectivity index (χ0) is 11.0. The Morgan fingerprint density at radius 2 is 2.00 bits per heavy atom.